The van der Waals surface area contributed by atoms with Crippen LogP contribution in [0.1, 0.15) is 79.7 Å². The number of benzene rings is 2. The highest BCUT2D eigenvalue weighted by Gasteiger charge is 2.22. The van der Waals surface area contributed by atoms with Gasteiger partial charge in [0.05, 0.1) is 18.4 Å². The second kappa shape index (κ2) is 11.5. The van der Waals surface area contributed by atoms with Crippen LogP contribution in [0, 0.1) is 0 Å². The highest BCUT2D eigenvalue weighted by Crippen LogP contribution is 2.26. The monoisotopic (exact) mass is 465 g/mol. The van der Waals surface area contributed by atoms with Crippen LogP contribution in [0.25, 0.3) is 0 Å². The molecule has 0 spiro atoms. The molecule has 2 N–H and O–H groups in total. The maximum Gasteiger partial charge on any atom is 0.339 e. The molecule has 0 aliphatic carbocycles. The molecule has 0 saturated carbocycles. The zero-order valence-electron chi connectivity index (χ0n) is 21.2. The van der Waals surface area contributed by atoms with E-state index in [9.17, 15) is 9.59 Å². The molecule has 3 rings (SSSR count). The first-order chi connectivity index (χ1) is 16.2. The van der Waals surface area contributed by atoms with E-state index in [1.165, 1.54) is 25.5 Å². The molecular weight excluding hydrogens is 426 g/mol. The van der Waals surface area contributed by atoms with Crippen LogP contribution in [-0.4, -0.2) is 49.6 Å². The van der Waals surface area contributed by atoms with Crippen molar-refractivity contribution in [3.05, 3.63) is 59.2 Å². The molecule has 1 atom stereocenters. The lowest BCUT2D eigenvalue weighted by atomic mass is 9.87. The lowest BCUT2D eigenvalue weighted by molar-refractivity contribution is 0.0601. The van der Waals surface area contributed by atoms with Gasteiger partial charge in [0, 0.05) is 23.8 Å². The van der Waals surface area contributed by atoms with Gasteiger partial charge in [0.25, 0.3) is 5.91 Å². The lowest BCUT2D eigenvalue weighted by Gasteiger charge is -2.34. The third-order valence-corrected chi connectivity index (χ3v) is 6.39. The van der Waals surface area contributed by atoms with E-state index >= 15 is 0 Å². The van der Waals surface area contributed by atoms with Crippen molar-refractivity contribution in [2.45, 2.75) is 64.8 Å². The molecule has 1 heterocycles. The molecule has 1 fully saturated rings. The number of hydrogen-bond donors (Lipinski definition) is 2. The fraction of sp³-hybridized carbons (Fsp3) is 0.500. The first kappa shape index (κ1) is 25.8. The van der Waals surface area contributed by atoms with Crippen LogP contribution in [0.2, 0.25) is 0 Å². The van der Waals surface area contributed by atoms with Crippen molar-refractivity contribution in [1.82, 2.24) is 4.90 Å². The summed E-state index contributed by atoms with van der Waals surface area (Å²) >= 11 is 0. The van der Waals surface area contributed by atoms with E-state index in [1.54, 1.807) is 12.1 Å². The normalized spacial score (nSPS) is 16.7. The van der Waals surface area contributed by atoms with Crippen molar-refractivity contribution in [3.63, 3.8) is 0 Å². The Hall–Kier alpha value is -2.86. The third-order valence-electron chi connectivity index (χ3n) is 6.39. The van der Waals surface area contributed by atoms with Gasteiger partial charge < -0.3 is 20.3 Å². The van der Waals surface area contributed by atoms with E-state index in [0.717, 1.165) is 32.5 Å². The van der Waals surface area contributed by atoms with Gasteiger partial charge in [0.1, 0.15) is 0 Å². The number of esters is 1. The maximum atomic E-state index is 12.9. The summed E-state index contributed by atoms with van der Waals surface area (Å²) in [6.45, 7) is 11.8. The summed E-state index contributed by atoms with van der Waals surface area (Å²) in [6.07, 6.45) is 4.54. The number of carbonyl (C=O) groups is 2. The first-order valence-corrected chi connectivity index (χ1v) is 12.3. The van der Waals surface area contributed by atoms with Crippen molar-refractivity contribution >= 4 is 23.3 Å². The van der Waals surface area contributed by atoms with E-state index < -0.39 is 5.97 Å². The number of hydrogen-bond acceptors (Lipinski definition) is 5. The Balaban J connectivity index is 1.75. The highest BCUT2D eigenvalue weighted by molar-refractivity contribution is 6.05. The van der Waals surface area contributed by atoms with E-state index in [2.05, 4.69) is 43.2 Å². The molecule has 0 radical (unpaired) electrons. The Bertz CT molecular complexity index is 979. The molecule has 0 bridgehead atoms. The van der Waals surface area contributed by atoms with Gasteiger partial charge in [-0.05, 0) is 73.7 Å². The second-order valence-corrected chi connectivity index (χ2v) is 10.2. The summed E-state index contributed by atoms with van der Waals surface area (Å²) in [5, 5.41) is 6.53. The molecule has 2 aromatic rings. The Morgan fingerprint density at radius 3 is 2.50 bits per heavy atom. The van der Waals surface area contributed by atoms with E-state index in [-0.39, 0.29) is 17.4 Å². The molecule has 0 aromatic heterocycles. The minimum atomic E-state index is -0.392. The topological polar surface area (TPSA) is 70.7 Å². The van der Waals surface area contributed by atoms with Crippen molar-refractivity contribution in [2.24, 2.45) is 0 Å². The average molecular weight is 466 g/mol. The fourth-order valence-corrected chi connectivity index (χ4v) is 4.33. The molecule has 6 nitrogen and oxygen atoms in total. The Labute approximate surface area is 204 Å². The summed E-state index contributed by atoms with van der Waals surface area (Å²) in [5.74, 6) is -0.572. The van der Waals surface area contributed by atoms with Gasteiger partial charge in [-0.15, -0.1) is 0 Å². The average Bonchev–Trinajstić information content (AvgIpc) is 2.82. The number of ether oxygens (including phenoxy) is 1. The zero-order chi connectivity index (χ0) is 24.7. The number of rotatable bonds is 8. The smallest absolute Gasteiger partial charge is 0.339 e. The fourth-order valence-electron chi connectivity index (χ4n) is 4.33. The van der Waals surface area contributed by atoms with Crippen LogP contribution >= 0.6 is 0 Å². The quantitative estimate of drug-likeness (QED) is 0.490. The minimum Gasteiger partial charge on any atom is -0.465 e. The van der Waals surface area contributed by atoms with Gasteiger partial charge in [-0.25, -0.2) is 4.79 Å². The number of nitrogens with zero attached hydrogens (tertiary/aromatic N) is 1. The number of unbranched alkanes of at least 4 members (excludes halogenated alkanes) is 1. The van der Waals surface area contributed by atoms with Crippen LogP contribution in [0.4, 0.5) is 11.4 Å². The van der Waals surface area contributed by atoms with Gasteiger partial charge in [-0.2, -0.15) is 0 Å². The number of piperidine rings is 1. The lowest BCUT2D eigenvalue weighted by Crippen LogP contribution is -2.42. The van der Waals surface area contributed by atoms with Crippen molar-refractivity contribution in [3.8, 4) is 0 Å². The number of likely N-dealkylation sites (tertiary alicyclic amines) is 1. The predicted molar refractivity (Wildman–Crippen MR) is 139 cm³/mol. The summed E-state index contributed by atoms with van der Waals surface area (Å²) in [6, 6.07) is 13.2. The van der Waals surface area contributed by atoms with Crippen molar-refractivity contribution in [1.29, 1.82) is 0 Å². The van der Waals surface area contributed by atoms with E-state index in [0.29, 0.717) is 22.5 Å². The summed E-state index contributed by atoms with van der Waals surface area (Å²) < 4.78 is 4.99. The van der Waals surface area contributed by atoms with Crippen LogP contribution < -0.4 is 10.6 Å². The number of nitrogens with one attached hydrogen (secondary N) is 2. The molecule has 184 valence electrons. The molecule has 1 aliphatic heterocycles. The van der Waals surface area contributed by atoms with Gasteiger partial charge >= 0.3 is 5.97 Å². The molecule has 34 heavy (non-hydrogen) atoms. The van der Waals surface area contributed by atoms with Crippen molar-refractivity contribution in [2.75, 3.05) is 37.4 Å². The number of carbonyl (C=O) groups excluding carboxylic acids is 2. The van der Waals surface area contributed by atoms with Gasteiger partial charge in [0.2, 0.25) is 0 Å². The first-order valence-electron chi connectivity index (χ1n) is 12.3. The third kappa shape index (κ3) is 6.83. The van der Waals surface area contributed by atoms with Crippen LogP contribution in [0.15, 0.2) is 42.5 Å². The van der Waals surface area contributed by atoms with E-state index in [1.807, 2.05) is 30.3 Å². The predicted octanol–water partition coefficient (Wildman–Crippen LogP) is 5.70. The summed E-state index contributed by atoms with van der Waals surface area (Å²) in [5.41, 5.74) is 3.61. The molecule has 1 unspecified atom stereocenters. The SMILES string of the molecule is CCCCN1CCCC(Nc2cc(NC(=O)c3ccc(C(C)(C)C)cc3)ccc2C(=O)OC)C1. The van der Waals surface area contributed by atoms with Gasteiger partial charge in [0.15, 0.2) is 0 Å². The molecule has 2 aromatic carbocycles. The van der Waals surface area contributed by atoms with E-state index in [4.69, 9.17) is 4.74 Å². The highest BCUT2D eigenvalue weighted by atomic mass is 16.5. The summed E-state index contributed by atoms with van der Waals surface area (Å²) in [7, 11) is 1.39. The molecule has 1 aliphatic rings. The molecule has 1 amide bonds. The van der Waals surface area contributed by atoms with Crippen LogP contribution in [0.5, 0.6) is 0 Å². The zero-order valence-corrected chi connectivity index (χ0v) is 21.2. The summed E-state index contributed by atoms with van der Waals surface area (Å²) in [4.78, 5) is 27.7. The number of methoxy groups -OCH3 is 1. The minimum absolute atomic E-state index is 0.0323. The van der Waals surface area contributed by atoms with Crippen LogP contribution in [-0.2, 0) is 10.2 Å². The Morgan fingerprint density at radius 1 is 1.12 bits per heavy atom. The maximum absolute atomic E-state index is 12.9. The standard InChI is InChI=1S/C28H39N3O3/c1-6-7-16-31-17-8-9-23(19-31)29-25-18-22(14-15-24(25)27(33)34-5)30-26(32)20-10-12-21(13-11-20)28(2,3)4/h10-15,18,23,29H,6-9,16-17,19H2,1-5H3,(H,30,32). The molecule has 6 heteroatoms. The van der Waals surface area contributed by atoms with Gasteiger partial charge in [-0.1, -0.05) is 46.2 Å². The second-order valence-electron chi connectivity index (χ2n) is 10.2. The molecule has 1 saturated heterocycles. The Kier molecular flexibility index (Phi) is 8.72. The van der Waals surface area contributed by atoms with Gasteiger partial charge in [-0.3, -0.25) is 4.79 Å². The van der Waals surface area contributed by atoms with Crippen LogP contribution in [0.3, 0.4) is 0 Å². The largest absolute Gasteiger partial charge is 0.465 e. The number of amides is 1. The van der Waals surface area contributed by atoms with Crippen molar-refractivity contribution < 1.29 is 14.3 Å². The Morgan fingerprint density at radius 2 is 1.85 bits per heavy atom. The molecular formula is C28H39N3O3. The number of anilines is 2.